The van der Waals surface area contributed by atoms with Gasteiger partial charge in [-0.15, -0.1) is 0 Å². The molecule has 0 saturated carbocycles. The molecule has 0 aromatic heterocycles. The summed E-state index contributed by atoms with van der Waals surface area (Å²) in [6.07, 6.45) is 2.43. The van der Waals surface area contributed by atoms with E-state index in [9.17, 15) is 0 Å². The van der Waals surface area contributed by atoms with Gasteiger partial charge in [0.2, 0.25) is 0 Å². The fourth-order valence-electron chi connectivity index (χ4n) is 1.21. The van der Waals surface area contributed by atoms with Crippen molar-refractivity contribution in [2.75, 3.05) is 19.0 Å². The van der Waals surface area contributed by atoms with E-state index in [4.69, 9.17) is 4.74 Å². The Bertz CT molecular complexity index is 135. The molecule has 0 N–H and O–H groups in total. The molecule has 0 aliphatic heterocycles. The van der Waals surface area contributed by atoms with Gasteiger partial charge in [-0.2, -0.15) is 11.8 Å². The summed E-state index contributed by atoms with van der Waals surface area (Å²) >= 11 is 1.97. The van der Waals surface area contributed by atoms with Gasteiger partial charge in [0.1, 0.15) is 0 Å². The Morgan fingerprint density at radius 1 is 0.933 bits per heavy atom. The zero-order chi connectivity index (χ0) is 11.9. The van der Waals surface area contributed by atoms with Crippen LogP contribution in [-0.2, 0) is 4.74 Å². The van der Waals surface area contributed by atoms with Crippen molar-refractivity contribution in [2.24, 2.45) is 5.41 Å². The maximum absolute atomic E-state index is 5.60. The van der Waals surface area contributed by atoms with Gasteiger partial charge in [0, 0.05) is 17.1 Å². The van der Waals surface area contributed by atoms with E-state index in [1.165, 1.54) is 12.8 Å². The van der Waals surface area contributed by atoms with Gasteiger partial charge in [-0.05, 0) is 18.3 Å². The molecule has 0 amide bonds. The second-order valence-electron chi connectivity index (χ2n) is 6.24. The maximum atomic E-state index is 5.60. The highest BCUT2D eigenvalue weighted by molar-refractivity contribution is 8.00. The lowest BCUT2D eigenvalue weighted by molar-refractivity contribution is 0.136. The molecule has 1 nitrogen and oxygen atoms in total. The predicted molar refractivity (Wildman–Crippen MR) is 71.7 cm³/mol. The van der Waals surface area contributed by atoms with Crippen molar-refractivity contribution in [3.63, 3.8) is 0 Å². The van der Waals surface area contributed by atoms with E-state index in [-0.39, 0.29) is 0 Å². The van der Waals surface area contributed by atoms with E-state index in [1.807, 2.05) is 11.8 Å². The minimum Gasteiger partial charge on any atom is -0.381 e. The Morgan fingerprint density at radius 3 is 2.00 bits per heavy atom. The summed E-state index contributed by atoms with van der Waals surface area (Å²) in [4.78, 5) is 0. The van der Waals surface area contributed by atoms with Gasteiger partial charge in [-0.3, -0.25) is 0 Å². The van der Waals surface area contributed by atoms with Crippen LogP contribution in [0.3, 0.4) is 0 Å². The molecule has 0 atom stereocenters. The summed E-state index contributed by atoms with van der Waals surface area (Å²) in [6.45, 7) is 15.4. The number of hydrogen-bond acceptors (Lipinski definition) is 2. The molecule has 0 unspecified atom stereocenters. The molecule has 0 heterocycles. The highest BCUT2D eigenvalue weighted by Gasteiger charge is 2.10. The van der Waals surface area contributed by atoms with Crippen molar-refractivity contribution in [1.82, 2.24) is 0 Å². The number of rotatable bonds is 6. The highest BCUT2D eigenvalue weighted by atomic mass is 32.2. The lowest BCUT2D eigenvalue weighted by Crippen LogP contribution is -2.11. The fraction of sp³-hybridized carbons (Fsp3) is 1.00. The van der Waals surface area contributed by atoms with Crippen LogP contribution in [0.2, 0.25) is 0 Å². The highest BCUT2D eigenvalue weighted by Crippen LogP contribution is 2.23. The van der Waals surface area contributed by atoms with E-state index in [0.717, 1.165) is 19.0 Å². The molecule has 0 saturated heterocycles. The van der Waals surface area contributed by atoms with Crippen LogP contribution in [0.4, 0.5) is 0 Å². The molecule has 0 rings (SSSR count). The van der Waals surface area contributed by atoms with Crippen LogP contribution >= 0.6 is 11.8 Å². The Balaban J connectivity index is 3.20. The first-order valence-electron chi connectivity index (χ1n) is 5.92. The first-order valence-corrected chi connectivity index (χ1v) is 6.91. The standard InChI is InChI=1S/C13H28OS/c1-12(2,3)8-7-9-14-10-11-15-13(4,5)6/h7-11H2,1-6H3. The molecule has 0 fully saturated rings. The quantitative estimate of drug-likeness (QED) is 0.629. The molecular formula is C13H28OS. The Morgan fingerprint density at radius 2 is 1.53 bits per heavy atom. The number of ether oxygens (including phenoxy) is 1. The molecular weight excluding hydrogens is 204 g/mol. The normalized spacial score (nSPS) is 13.2. The lowest BCUT2D eigenvalue weighted by atomic mass is 9.91. The van der Waals surface area contributed by atoms with E-state index < -0.39 is 0 Å². The largest absolute Gasteiger partial charge is 0.381 e. The molecule has 92 valence electrons. The van der Waals surface area contributed by atoms with Crippen LogP contribution in [0.15, 0.2) is 0 Å². The summed E-state index contributed by atoms with van der Waals surface area (Å²) in [5, 5.41) is 0. The SMILES string of the molecule is CC(C)(C)CCCOCCSC(C)(C)C. The summed E-state index contributed by atoms with van der Waals surface area (Å²) < 4.78 is 5.97. The molecule has 0 radical (unpaired) electrons. The van der Waals surface area contributed by atoms with Crippen molar-refractivity contribution in [3.8, 4) is 0 Å². The molecule has 0 aromatic carbocycles. The van der Waals surface area contributed by atoms with E-state index in [1.54, 1.807) is 0 Å². The fourth-order valence-corrected chi connectivity index (χ4v) is 2.03. The molecule has 0 aliphatic rings. The topological polar surface area (TPSA) is 9.23 Å². The second-order valence-corrected chi connectivity index (χ2v) is 8.16. The predicted octanol–water partition coefficient (Wildman–Crippen LogP) is 4.36. The van der Waals surface area contributed by atoms with Gasteiger partial charge in [-0.25, -0.2) is 0 Å². The minimum atomic E-state index is 0.370. The first-order chi connectivity index (χ1) is 6.71. The van der Waals surface area contributed by atoms with E-state index in [0.29, 0.717) is 10.2 Å². The zero-order valence-electron chi connectivity index (χ0n) is 11.4. The lowest BCUT2D eigenvalue weighted by Gasteiger charge is -2.18. The van der Waals surface area contributed by atoms with E-state index in [2.05, 4.69) is 41.5 Å². The third-order valence-electron chi connectivity index (χ3n) is 1.98. The molecule has 2 heteroatoms. The summed E-state index contributed by atoms with van der Waals surface area (Å²) in [7, 11) is 0. The Kier molecular flexibility index (Phi) is 6.94. The Hall–Kier alpha value is 0.310. The Labute approximate surface area is 100 Å². The van der Waals surface area contributed by atoms with Crippen molar-refractivity contribution in [1.29, 1.82) is 0 Å². The minimum absolute atomic E-state index is 0.370. The van der Waals surface area contributed by atoms with Crippen LogP contribution in [0.5, 0.6) is 0 Å². The summed E-state index contributed by atoms with van der Waals surface area (Å²) in [5.74, 6) is 1.11. The van der Waals surface area contributed by atoms with Crippen LogP contribution in [0, 0.1) is 5.41 Å². The van der Waals surface area contributed by atoms with Crippen LogP contribution in [0.1, 0.15) is 54.4 Å². The van der Waals surface area contributed by atoms with Crippen molar-refractivity contribution >= 4 is 11.8 Å². The van der Waals surface area contributed by atoms with E-state index >= 15 is 0 Å². The first kappa shape index (κ1) is 15.3. The van der Waals surface area contributed by atoms with Gasteiger partial charge in [-0.1, -0.05) is 41.5 Å². The van der Waals surface area contributed by atoms with Gasteiger partial charge in [0.15, 0.2) is 0 Å². The molecule has 0 aromatic rings. The van der Waals surface area contributed by atoms with Crippen LogP contribution < -0.4 is 0 Å². The third-order valence-corrected chi connectivity index (χ3v) is 3.22. The van der Waals surface area contributed by atoms with Gasteiger partial charge >= 0.3 is 0 Å². The van der Waals surface area contributed by atoms with Crippen molar-refractivity contribution < 1.29 is 4.74 Å². The summed E-state index contributed by atoms with van der Waals surface area (Å²) in [5.41, 5.74) is 0.448. The maximum Gasteiger partial charge on any atom is 0.0556 e. The molecule has 15 heavy (non-hydrogen) atoms. The number of hydrogen-bond donors (Lipinski definition) is 0. The van der Waals surface area contributed by atoms with Crippen molar-refractivity contribution in [3.05, 3.63) is 0 Å². The average Bonchev–Trinajstić information content (AvgIpc) is 1.98. The second kappa shape index (κ2) is 6.80. The van der Waals surface area contributed by atoms with Crippen LogP contribution in [0.25, 0.3) is 0 Å². The van der Waals surface area contributed by atoms with Gasteiger partial charge in [0.05, 0.1) is 6.61 Å². The van der Waals surface area contributed by atoms with Gasteiger partial charge in [0.25, 0.3) is 0 Å². The smallest absolute Gasteiger partial charge is 0.0556 e. The third kappa shape index (κ3) is 14.3. The molecule has 0 bridgehead atoms. The molecule has 0 aliphatic carbocycles. The summed E-state index contributed by atoms with van der Waals surface area (Å²) in [6, 6.07) is 0. The molecule has 0 spiro atoms. The average molecular weight is 232 g/mol. The monoisotopic (exact) mass is 232 g/mol. The zero-order valence-corrected chi connectivity index (χ0v) is 12.2. The van der Waals surface area contributed by atoms with Crippen LogP contribution in [-0.4, -0.2) is 23.7 Å². The number of thioether (sulfide) groups is 1. The van der Waals surface area contributed by atoms with Crippen molar-refractivity contribution in [2.45, 2.75) is 59.1 Å². The van der Waals surface area contributed by atoms with Gasteiger partial charge < -0.3 is 4.74 Å².